The van der Waals surface area contributed by atoms with Gasteiger partial charge >= 0.3 is 6.18 Å². The monoisotopic (exact) mass is 547 g/mol. The largest absolute Gasteiger partial charge is 0.416 e. The van der Waals surface area contributed by atoms with Gasteiger partial charge in [-0.15, -0.1) is 0 Å². The van der Waals surface area contributed by atoms with E-state index >= 15 is 0 Å². The number of amides is 1. The van der Waals surface area contributed by atoms with Crippen molar-refractivity contribution in [2.24, 2.45) is 0 Å². The van der Waals surface area contributed by atoms with Gasteiger partial charge in [-0.3, -0.25) is 9.78 Å². The van der Waals surface area contributed by atoms with Crippen LogP contribution in [0, 0.1) is 6.92 Å². The number of carbonyl (C=O) groups is 1. The SMILES string of the molecule is Cc1ccc(C(=O)Nc2cc(-n3cnc(CF)c3)cc(C(F)(F)F)c2)cc1Nc1nccc(-c2cccnc2)n1. The lowest BCUT2D eigenvalue weighted by Gasteiger charge is -2.14. The molecule has 0 aliphatic carbocycles. The molecule has 0 atom stereocenters. The number of nitrogens with one attached hydrogen (secondary N) is 2. The van der Waals surface area contributed by atoms with Gasteiger partial charge in [0, 0.05) is 53.0 Å². The number of carbonyl (C=O) groups excluding carboxylic acids is 1. The van der Waals surface area contributed by atoms with Crippen molar-refractivity contribution in [3.8, 4) is 16.9 Å². The standard InChI is InChI=1S/C28H21F4N7O/c1-17-4-5-18(9-25(17)38-27-34-8-6-24(37-27)19-3-2-7-33-14-19)26(40)36-21-10-20(28(30,31)32)11-23(12-21)39-15-22(13-29)35-16-39/h2-12,14-16H,13H2,1H3,(H,36,40)(H,34,37,38). The molecule has 3 aromatic heterocycles. The van der Waals surface area contributed by atoms with Crippen LogP contribution in [0.1, 0.15) is 27.2 Å². The fraction of sp³-hybridized carbons (Fsp3) is 0.107. The molecule has 2 N–H and O–H groups in total. The van der Waals surface area contributed by atoms with Gasteiger partial charge < -0.3 is 15.2 Å². The van der Waals surface area contributed by atoms with Crippen LogP contribution in [0.3, 0.4) is 0 Å². The Morgan fingerprint density at radius 1 is 1.02 bits per heavy atom. The Balaban J connectivity index is 1.40. The Hall–Kier alpha value is -5.13. The number of alkyl halides is 4. The van der Waals surface area contributed by atoms with Crippen molar-refractivity contribution in [3.63, 3.8) is 0 Å². The third-order valence-corrected chi connectivity index (χ3v) is 5.93. The zero-order valence-electron chi connectivity index (χ0n) is 20.9. The molecule has 8 nitrogen and oxygen atoms in total. The summed E-state index contributed by atoms with van der Waals surface area (Å²) in [6, 6.07) is 13.3. The molecule has 0 saturated carbocycles. The van der Waals surface area contributed by atoms with Crippen molar-refractivity contribution in [1.29, 1.82) is 0 Å². The number of halogens is 4. The van der Waals surface area contributed by atoms with Crippen LogP contribution in [0.5, 0.6) is 0 Å². The second-order valence-corrected chi connectivity index (χ2v) is 8.79. The molecule has 0 fully saturated rings. The van der Waals surface area contributed by atoms with E-state index in [-0.39, 0.29) is 28.6 Å². The van der Waals surface area contributed by atoms with Gasteiger partial charge in [-0.2, -0.15) is 13.2 Å². The van der Waals surface area contributed by atoms with Gasteiger partial charge in [-0.25, -0.2) is 19.3 Å². The second kappa shape index (κ2) is 10.9. The minimum atomic E-state index is -4.68. The van der Waals surface area contributed by atoms with E-state index in [1.54, 1.807) is 48.9 Å². The van der Waals surface area contributed by atoms with Crippen LogP contribution in [-0.2, 0) is 12.9 Å². The summed E-state index contributed by atoms with van der Waals surface area (Å²) in [5, 5.41) is 5.63. The van der Waals surface area contributed by atoms with Crippen LogP contribution in [0.2, 0.25) is 0 Å². The minimum absolute atomic E-state index is 0.0641. The molecule has 5 aromatic rings. The summed E-state index contributed by atoms with van der Waals surface area (Å²) in [5.41, 5.74) is 2.03. The minimum Gasteiger partial charge on any atom is -0.324 e. The molecule has 0 spiro atoms. The maximum Gasteiger partial charge on any atom is 0.416 e. The number of hydrogen-bond acceptors (Lipinski definition) is 6. The lowest BCUT2D eigenvalue weighted by atomic mass is 10.1. The molecular formula is C28H21F4N7O. The Morgan fingerprint density at radius 3 is 2.60 bits per heavy atom. The average Bonchev–Trinajstić information content (AvgIpc) is 3.44. The highest BCUT2D eigenvalue weighted by atomic mass is 19.4. The summed E-state index contributed by atoms with van der Waals surface area (Å²) >= 11 is 0. The summed E-state index contributed by atoms with van der Waals surface area (Å²) < 4.78 is 55.0. The Morgan fingerprint density at radius 2 is 1.88 bits per heavy atom. The summed E-state index contributed by atoms with van der Waals surface area (Å²) in [4.78, 5) is 29.8. The van der Waals surface area contributed by atoms with E-state index < -0.39 is 24.3 Å². The van der Waals surface area contributed by atoms with Gasteiger partial charge in [0.05, 0.1) is 23.3 Å². The van der Waals surface area contributed by atoms with E-state index in [9.17, 15) is 22.4 Å². The Bertz CT molecular complexity index is 1670. The summed E-state index contributed by atoms with van der Waals surface area (Å²) in [6.45, 7) is 0.961. The van der Waals surface area contributed by atoms with Gasteiger partial charge in [-0.1, -0.05) is 6.07 Å². The number of rotatable bonds is 7. The van der Waals surface area contributed by atoms with Crippen LogP contribution in [0.25, 0.3) is 16.9 Å². The maximum atomic E-state index is 13.6. The fourth-order valence-electron chi connectivity index (χ4n) is 3.89. The summed E-state index contributed by atoms with van der Waals surface area (Å²) in [6.07, 6.45) is 2.73. The Labute approximate surface area is 225 Å². The average molecular weight is 548 g/mol. The van der Waals surface area contributed by atoms with Crippen molar-refractivity contribution in [2.45, 2.75) is 19.8 Å². The number of benzene rings is 2. The number of hydrogen-bond donors (Lipinski definition) is 2. The van der Waals surface area contributed by atoms with Crippen LogP contribution >= 0.6 is 0 Å². The molecule has 202 valence electrons. The zero-order valence-corrected chi connectivity index (χ0v) is 20.9. The van der Waals surface area contributed by atoms with Crippen molar-refractivity contribution >= 4 is 23.2 Å². The third kappa shape index (κ3) is 5.96. The van der Waals surface area contributed by atoms with Crippen LogP contribution < -0.4 is 10.6 Å². The molecule has 1 amide bonds. The summed E-state index contributed by atoms with van der Waals surface area (Å²) in [7, 11) is 0. The smallest absolute Gasteiger partial charge is 0.324 e. The zero-order chi connectivity index (χ0) is 28.3. The van der Waals surface area contributed by atoms with E-state index in [1.165, 1.54) is 23.2 Å². The van der Waals surface area contributed by atoms with Crippen LogP contribution in [0.15, 0.2) is 85.7 Å². The number of aromatic nitrogens is 5. The van der Waals surface area contributed by atoms with Crippen molar-refractivity contribution < 1.29 is 22.4 Å². The fourth-order valence-corrected chi connectivity index (χ4v) is 3.89. The molecule has 0 radical (unpaired) electrons. The first-order valence-corrected chi connectivity index (χ1v) is 11.9. The summed E-state index contributed by atoms with van der Waals surface area (Å²) in [5.74, 6) is -0.342. The molecule has 5 rings (SSSR count). The normalized spacial score (nSPS) is 11.3. The molecule has 12 heteroatoms. The molecule has 0 bridgehead atoms. The number of aryl methyl sites for hydroxylation is 1. The highest BCUT2D eigenvalue weighted by Gasteiger charge is 2.31. The lowest BCUT2D eigenvalue weighted by Crippen LogP contribution is -2.14. The lowest BCUT2D eigenvalue weighted by molar-refractivity contribution is -0.137. The number of anilines is 3. The number of pyridine rings is 1. The van der Waals surface area contributed by atoms with Gasteiger partial charge in [0.15, 0.2) is 0 Å². The predicted octanol–water partition coefficient (Wildman–Crippen LogP) is 6.52. The molecule has 0 saturated heterocycles. The van der Waals surface area contributed by atoms with Gasteiger partial charge in [-0.05, 0) is 61.0 Å². The van der Waals surface area contributed by atoms with Crippen molar-refractivity contribution in [3.05, 3.63) is 108 Å². The molecule has 40 heavy (non-hydrogen) atoms. The maximum absolute atomic E-state index is 13.6. The van der Waals surface area contributed by atoms with Crippen molar-refractivity contribution in [2.75, 3.05) is 10.6 Å². The quantitative estimate of drug-likeness (QED) is 0.225. The van der Waals surface area contributed by atoms with E-state index in [0.29, 0.717) is 11.4 Å². The van der Waals surface area contributed by atoms with Crippen molar-refractivity contribution in [1.82, 2.24) is 24.5 Å². The topological polar surface area (TPSA) is 97.6 Å². The molecule has 3 heterocycles. The number of imidazole rings is 1. The van der Waals surface area contributed by atoms with Crippen LogP contribution in [-0.4, -0.2) is 30.4 Å². The first-order valence-electron chi connectivity index (χ1n) is 11.9. The van der Waals surface area contributed by atoms with Crippen LogP contribution in [0.4, 0.5) is 34.9 Å². The first-order chi connectivity index (χ1) is 19.2. The van der Waals surface area contributed by atoms with Gasteiger partial charge in [0.1, 0.15) is 6.67 Å². The van der Waals surface area contributed by atoms with Gasteiger partial charge in [0.2, 0.25) is 5.95 Å². The van der Waals surface area contributed by atoms with E-state index in [2.05, 4.69) is 30.6 Å². The predicted molar refractivity (Wildman–Crippen MR) is 141 cm³/mol. The van der Waals surface area contributed by atoms with E-state index in [1.807, 2.05) is 13.0 Å². The number of nitrogens with zero attached hydrogens (tertiary/aromatic N) is 5. The highest BCUT2D eigenvalue weighted by Crippen LogP contribution is 2.33. The highest BCUT2D eigenvalue weighted by molar-refractivity contribution is 6.05. The Kier molecular flexibility index (Phi) is 7.23. The first kappa shape index (κ1) is 26.5. The third-order valence-electron chi connectivity index (χ3n) is 5.93. The molecule has 0 aliphatic heterocycles. The molecule has 2 aromatic carbocycles. The van der Waals surface area contributed by atoms with E-state index in [0.717, 1.165) is 23.3 Å². The van der Waals surface area contributed by atoms with E-state index in [4.69, 9.17) is 0 Å². The second-order valence-electron chi connectivity index (χ2n) is 8.79. The van der Waals surface area contributed by atoms with Gasteiger partial charge in [0.25, 0.3) is 5.91 Å². The molecule has 0 unspecified atom stereocenters. The molecular weight excluding hydrogens is 526 g/mol. The molecule has 0 aliphatic rings.